The van der Waals surface area contributed by atoms with E-state index in [-0.39, 0.29) is 11.4 Å². The van der Waals surface area contributed by atoms with Crippen molar-refractivity contribution in [1.82, 2.24) is 4.90 Å². The summed E-state index contributed by atoms with van der Waals surface area (Å²) in [5, 5.41) is 8.81. The number of nitrogens with zero attached hydrogens (tertiary/aromatic N) is 1. The summed E-state index contributed by atoms with van der Waals surface area (Å²) in [7, 11) is 1.82. The molecular formula is C15H16FNO3. The summed E-state index contributed by atoms with van der Waals surface area (Å²) >= 11 is 0. The fourth-order valence-corrected chi connectivity index (χ4v) is 2.01. The van der Waals surface area contributed by atoms with E-state index in [0.29, 0.717) is 24.4 Å². The van der Waals surface area contributed by atoms with Gasteiger partial charge in [0.2, 0.25) is 0 Å². The molecule has 0 saturated carbocycles. The fraction of sp³-hybridized carbons (Fsp3) is 0.267. The quantitative estimate of drug-likeness (QED) is 0.912. The molecule has 0 fully saturated rings. The van der Waals surface area contributed by atoms with Crippen LogP contribution >= 0.6 is 0 Å². The predicted molar refractivity (Wildman–Crippen MR) is 72.0 cm³/mol. The molecule has 0 amide bonds. The monoisotopic (exact) mass is 277 g/mol. The van der Waals surface area contributed by atoms with Crippen molar-refractivity contribution in [1.29, 1.82) is 0 Å². The predicted octanol–water partition coefficient (Wildman–Crippen LogP) is 3.06. The van der Waals surface area contributed by atoms with Crippen LogP contribution in [-0.2, 0) is 13.1 Å². The topological polar surface area (TPSA) is 53.7 Å². The van der Waals surface area contributed by atoms with E-state index in [0.717, 1.165) is 5.56 Å². The highest BCUT2D eigenvalue weighted by Crippen LogP contribution is 2.15. The van der Waals surface area contributed by atoms with E-state index in [2.05, 4.69) is 0 Å². The molecule has 5 heteroatoms. The van der Waals surface area contributed by atoms with Gasteiger partial charge in [-0.2, -0.15) is 0 Å². The molecule has 2 aromatic rings. The van der Waals surface area contributed by atoms with Crippen LogP contribution in [0.1, 0.15) is 27.2 Å². The molecule has 0 saturated heterocycles. The zero-order chi connectivity index (χ0) is 14.7. The van der Waals surface area contributed by atoms with E-state index < -0.39 is 5.97 Å². The van der Waals surface area contributed by atoms with Crippen LogP contribution in [0.25, 0.3) is 0 Å². The lowest BCUT2D eigenvalue weighted by atomic mass is 10.1. The number of hydrogen-bond acceptors (Lipinski definition) is 3. The number of carboxylic acids is 1. The zero-order valence-electron chi connectivity index (χ0n) is 11.4. The molecule has 0 unspecified atom stereocenters. The molecule has 0 atom stereocenters. The van der Waals surface area contributed by atoms with Crippen molar-refractivity contribution in [3.8, 4) is 0 Å². The molecule has 2 rings (SSSR count). The average molecular weight is 277 g/mol. The molecule has 1 aromatic carbocycles. The maximum atomic E-state index is 13.7. The van der Waals surface area contributed by atoms with Crippen molar-refractivity contribution in [3.63, 3.8) is 0 Å². The standard InChI is InChI=1S/C15H16FNO3/c1-10-3-4-14(16)11(5-10)7-17(2)8-13-6-12(9-20-13)15(18)19/h3-6,9H,7-8H2,1-2H3,(H,18,19). The Balaban J connectivity index is 2.02. The van der Waals surface area contributed by atoms with E-state index in [1.165, 1.54) is 18.4 Å². The first-order valence-corrected chi connectivity index (χ1v) is 6.20. The third-order valence-corrected chi connectivity index (χ3v) is 2.97. The summed E-state index contributed by atoms with van der Waals surface area (Å²) in [6, 6.07) is 6.46. The van der Waals surface area contributed by atoms with Crippen molar-refractivity contribution in [2.75, 3.05) is 7.05 Å². The molecule has 0 bridgehead atoms. The Labute approximate surface area is 116 Å². The number of hydrogen-bond donors (Lipinski definition) is 1. The molecule has 0 aliphatic heterocycles. The molecule has 1 heterocycles. The number of aromatic carboxylic acids is 1. The largest absolute Gasteiger partial charge is 0.478 e. The Hall–Kier alpha value is -2.14. The third kappa shape index (κ3) is 3.45. The van der Waals surface area contributed by atoms with Crippen molar-refractivity contribution in [2.45, 2.75) is 20.0 Å². The molecule has 0 radical (unpaired) electrons. The minimum Gasteiger partial charge on any atom is -0.478 e. The molecule has 0 aliphatic rings. The molecule has 4 nitrogen and oxygen atoms in total. The zero-order valence-corrected chi connectivity index (χ0v) is 11.4. The van der Waals surface area contributed by atoms with Crippen LogP contribution in [0.15, 0.2) is 34.9 Å². The number of carboxylic acid groups (broad SMARTS) is 1. The second-order valence-corrected chi connectivity index (χ2v) is 4.87. The third-order valence-electron chi connectivity index (χ3n) is 2.97. The summed E-state index contributed by atoms with van der Waals surface area (Å²) in [5.74, 6) is -0.724. The van der Waals surface area contributed by atoms with Gasteiger partial charge in [0.15, 0.2) is 0 Å². The Morgan fingerprint density at radius 2 is 2.10 bits per heavy atom. The van der Waals surface area contributed by atoms with Crippen molar-refractivity contribution in [2.24, 2.45) is 0 Å². The van der Waals surface area contributed by atoms with E-state index in [4.69, 9.17) is 9.52 Å². The number of benzene rings is 1. The van der Waals surface area contributed by atoms with Gasteiger partial charge in [0.05, 0.1) is 12.1 Å². The van der Waals surface area contributed by atoms with Gasteiger partial charge in [0, 0.05) is 12.1 Å². The van der Waals surface area contributed by atoms with Gasteiger partial charge in [-0.15, -0.1) is 0 Å². The van der Waals surface area contributed by atoms with Crippen LogP contribution in [-0.4, -0.2) is 23.0 Å². The Kier molecular flexibility index (Phi) is 4.20. The number of aryl methyl sites for hydroxylation is 1. The smallest absolute Gasteiger partial charge is 0.338 e. The molecule has 1 aromatic heterocycles. The van der Waals surface area contributed by atoms with E-state index in [1.54, 1.807) is 12.1 Å². The molecule has 1 N–H and O–H groups in total. The van der Waals surface area contributed by atoms with Gasteiger partial charge in [-0.3, -0.25) is 4.90 Å². The van der Waals surface area contributed by atoms with Crippen LogP contribution in [0, 0.1) is 12.7 Å². The Morgan fingerprint density at radius 3 is 2.75 bits per heavy atom. The van der Waals surface area contributed by atoms with Crippen LogP contribution in [0.5, 0.6) is 0 Å². The van der Waals surface area contributed by atoms with Crippen molar-refractivity contribution < 1.29 is 18.7 Å². The highest BCUT2D eigenvalue weighted by molar-refractivity contribution is 5.87. The number of rotatable bonds is 5. The van der Waals surface area contributed by atoms with Crippen molar-refractivity contribution >= 4 is 5.97 Å². The second kappa shape index (κ2) is 5.88. The number of halogens is 1. The highest BCUT2D eigenvalue weighted by atomic mass is 19.1. The lowest BCUT2D eigenvalue weighted by Gasteiger charge is -2.16. The Morgan fingerprint density at radius 1 is 1.35 bits per heavy atom. The summed E-state index contributed by atoms with van der Waals surface area (Å²) in [4.78, 5) is 12.6. The number of carbonyl (C=O) groups is 1. The van der Waals surface area contributed by atoms with Crippen molar-refractivity contribution in [3.05, 3.63) is 58.8 Å². The first-order valence-electron chi connectivity index (χ1n) is 6.20. The van der Waals surface area contributed by atoms with E-state index >= 15 is 0 Å². The van der Waals surface area contributed by atoms with E-state index in [1.807, 2.05) is 18.9 Å². The molecule has 20 heavy (non-hydrogen) atoms. The van der Waals surface area contributed by atoms with Gasteiger partial charge < -0.3 is 9.52 Å². The maximum Gasteiger partial charge on any atom is 0.338 e. The summed E-state index contributed by atoms with van der Waals surface area (Å²) in [6.45, 7) is 2.76. The minimum absolute atomic E-state index is 0.120. The normalized spacial score (nSPS) is 11.0. The highest BCUT2D eigenvalue weighted by Gasteiger charge is 2.11. The molecule has 106 valence electrons. The van der Waals surface area contributed by atoms with Crippen LogP contribution < -0.4 is 0 Å². The van der Waals surface area contributed by atoms with E-state index in [9.17, 15) is 9.18 Å². The lowest BCUT2D eigenvalue weighted by Crippen LogP contribution is -2.17. The van der Waals surface area contributed by atoms with Gasteiger partial charge >= 0.3 is 5.97 Å². The Bertz CT molecular complexity index is 621. The first kappa shape index (κ1) is 14.3. The maximum absolute atomic E-state index is 13.7. The fourth-order valence-electron chi connectivity index (χ4n) is 2.01. The summed E-state index contributed by atoms with van der Waals surface area (Å²) in [6.07, 6.45) is 1.21. The SMILES string of the molecule is Cc1ccc(F)c(CN(C)Cc2cc(C(=O)O)co2)c1. The lowest BCUT2D eigenvalue weighted by molar-refractivity contribution is 0.0696. The van der Waals surface area contributed by atoms with Crippen LogP contribution in [0.2, 0.25) is 0 Å². The van der Waals surface area contributed by atoms with Crippen LogP contribution in [0.4, 0.5) is 4.39 Å². The van der Waals surface area contributed by atoms with Gasteiger partial charge in [0.1, 0.15) is 17.8 Å². The number of furan rings is 1. The average Bonchev–Trinajstić information content (AvgIpc) is 2.82. The second-order valence-electron chi connectivity index (χ2n) is 4.87. The van der Waals surface area contributed by atoms with Gasteiger partial charge in [-0.25, -0.2) is 9.18 Å². The van der Waals surface area contributed by atoms with Gasteiger partial charge in [-0.05, 0) is 26.1 Å². The van der Waals surface area contributed by atoms with Gasteiger partial charge in [0.25, 0.3) is 0 Å². The molecular weight excluding hydrogens is 261 g/mol. The molecule has 0 aliphatic carbocycles. The summed E-state index contributed by atoms with van der Waals surface area (Å²) in [5.41, 5.74) is 1.73. The first-order chi connectivity index (χ1) is 9.45. The van der Waals surface area contributed by atoms with Gasteiger partial charge in [-0.1, -0.05) is 17.7 Å². The van der Waals surface area contributed by atoms with Crippen LogP contribution in [0.3, 0.4) is 0 Å². The summed E-state index contributed by atoms with van der Waals surface area (Å²) < 4.78 is 18.8. The molecule has 0 spiro atoms. The minimum atomic E-state index is -1.02.